The Hall–Kier alpha value is -4.32. The fourth-order valence-corrected chi connectivity index (χ4v) is 4.07. The number of carbonyl (C=O) groups excluding carboxylic acids is 1. The lowest BCUT2D eigenvalue weighted by molar-refractivity contribution is 0.0919. The Bertz CT molecular complexity index is 1340. The Morgan fingerprint density at radius 2 is 2.14 bits per heavy atom. The van der Waals surface area contributed by atoms with Gasteiger partial charge in [-0.3, -0.25) is 14.9 Å². The van der Waals surface area contributed by atoms with E-state index in [1.807, 2.05) is 42.2 Å². The molecule has 0 aliphatic carbocycles. The smallest absolute Gasteiger partial charge is 0.270 e. The molecule has 4 aromatic heterocycles. The van der Waals surface area contributed by atoms with Gasteiger partial charge >= 0.3 is 0 Å². The number of rotatable bonds is 8. The maximum atomic E-state index is 12.8. The van der Waals surface area contributed by atoms with Crippen molar-refractivity contribution in [1.29, 1.82) is 0 Å². The molecule has 4 aromatic rings. The normalized spacial score (nSPS) is 16.2. The maximum Gasteiger partial charge on any atom is 0.270 e. The van der Waals surface area contributed by atoms with Crippen molar-refractivity contribution in [2.75, 3.05) is 23.3 Å². The van der Waals surface area contributed by atoms with Gasteiger partial charge in [-0.15, -0.1) is 0 Å². The van der Waals surface area contributed by atoms with Crippen LogP contribution in [0.4, 0.5) is 17.6 Å². The Labute approximate surface area is 207 Å². The average Bonchev–Trinajstić information content (AvgIpc) is 3.63. The number of carbonyl (C=O) groups is 1. The summed E-state index contributed by atoms with van der Waals surface area (Å²) in [7, 11) is 0. The molecule has 12 heteroatoms. The minimum Gasteiger partial charge on any atom is -0.392 e. The summed E-state index contributed by atoms with van der Waals surface area (Å²) >= 11 is 0. The van der Waals surface area contributed by atoms with Crippen molar-refractivity contribution < 1.29 is 14.4 Å². The van der Waals surface area contributed by atoms with Gasteiger partial charge in [0.05, 0.1) is 17.8 Å². The Kier molecular flexibility index (Phi) is 6.58. The lowest BCUT2D eigenvalue weighted by Gasteiger charge is -2.23. The standard InChI is InChI=1S/C24H27N9O3/c1-14-10-22(31-30-14)28-21-12-18(23(35)26-13-15(2)34)27-24(29-21)33-9-5-7-19(33)20-11-17(32-36-20)16-6-3-4-8-25-16/h3-4,6,8,10-12,15,19,34H,5,7,9,13H2,1-2H3,(H,26,35)(H2,27,28,29,30,31)/t15-,19+/m1/s1. The molecule has 1 aliphatic rings. The molecule has 1 amide bonds. The molecule has 5 rings (SSSR count). The van der Waals surface area contributed by atoms with Crippen LogP contribution < -0.4 is 15.5 Å². The van der Waals surface area contributed by atoms with Crippen LogP contribution in [0.2, 0.25) is 0 Å². The molecule has 0 radical (unpaired) electrons. The molecular weight excluding hydrogens is 462 g/mol. The Morgan fingerprint density at radius 3 is 2.89 bits per heavy atom. The van der Waals surface area contributed by atoms with E-state index < -0.39 is 12.0 Å². The van der Waals surface area contributed by atoms with Crippen LogP contribution in [0.5, 0.6) is 0 Å². The van der Waals surface area contributed by atoms with Gasteiger partial charge in [0.25, 0.3) is 5.91 Å². The van der Waals surface area contributed by atoms with Gasteiger partial charge < -0.3 is 25.2 Å². The quantitative estimate of drug-likeness (QED) is 0.290. The predicted molar refractivity (Wildman–Crippen MR) is 132 cm³/mol. The van der Waals surface area contributed by atoms with Gasteiger partial charge in [0, 0.05) is 43.2 Å². The number of nitrogens with one attached hydrogen (secondary N) is 3. The van der Waals surface area contributed by atoms with E-state index in [-0.39, 0.29) is 18.3 Å². The lowest BCUT2D eigenvalue weighted by atomic mass is 10.1. The number of aryl methyl sites for hydroxylation is 1. The lowest BCUT2D eigenvalue weighted by Crippen LogP contribution is -2.32. The van der Waals surface area contributed by atoms with E-state index in [4.69, 9.17) is 4.52 Å². The third kappa shape index (κ3) is 5.18. The van der Waals surface area contributed by atoms with Gasteiger partial charge in [0.1, 0.15) is 17.2 Å². The first kappa shape index (κ1) is 23.4. The van der Waals surface area contributed by atoms with E-state index in [2.05, 4.69) is 40.9 Å². The van der Waals surface area contributed by atoms with E-state index in [9.17, 15) is 9.90 Å². The van der Waals surface area contributed by atoms with Gasteiger partial charge in [-0.2, -0.15) is 10.1 Å². The molecule has 1 fully saturated rings. The average molecular weight is 490 g/mol. The number of aromatic amines is 1. The van der Waals surface area contributed by atoms with Crippen molar-refractivity contribution in [1.82, 2.24) is 35.6 Å². The molecule has 0 spiro atoms. The largest absolute Gasteiger partial charge is 0.392 e. The molecule has 0 saturated carbocycles. The number of amides is 1. The van der Waals surface area contributed by atoms with Crippen LogP contribution in [0.1, 0.15) is 47.7 Å². The van der Waals surface area contributed by atoms with E-state index in [1.54, 1.807) is 19.2 Å². The molecule has 2 atom stereocenters. The van der Waals surface area contributed by atoms with Crippen LogP contribution in [0, 0.1) is 6.92 Å². The van der Waals surface area contributed by atoms with E-state index >= 15 is 0 Å². The highest BCUT2D eigenvalue weighted by Gasteiger charge is 2.32. The van der Waals surface area contributed by atoms with E-state index in [0.717, 1.165) is 24.2 Å². The van der Waals surface area contributed by atoms with Gasteiger partial charge in [-0.1, -0.05) is 11.2 Å². The molecule has 5 heterocycles. The fourth-order valence-electron chi connectivity index (χ4n) is 4.07. The number of aliphatic hydroxyl groups excluding tert-OH is 1. The highest BCUT2D eigenvalue weighted by Crippen LogP contribution is 2.36. The molecule has 1 aliphatic heterocycles. The van der Waals surface area contributed by atoms with E-state index in [1.165, 1.54) is 0 Å². The summed E-state index contributed by atoms with van der Waals surface area (Å²) in [4.78, 5) is 28.4. The van der Waals surface area contributed by atoms with Gasteiger partial charge in [-0.05, 0) is 38.8 Å². The van der Waals surface area contributed by atoms with Crippen molar-refractivity contribution in [2.24, 2.45) is 0 Å². The molecule has 186 valence electrons. The van der Waals surface area contributed by atoms with Crippen LogP contribution in [0.15, 0.2) is 47.1 Å². The van der Waals surface area contributed by atoms with E-state index in [0.29, 0.717) is 35.6 Å². The number of hydrogen-bond donors (Lipinski definition) is 4. The summed E-state index contributed by atoms with van der Waals surface area (Å²) in [5.74, 6) is 1.64. The summed E-state index contributed by atoms with van der Waals surface area (Å²) in [6.45, 7) is 4.29. The maximum absolute atomic E-state index is 12.8. The van der Waals surface area contributed by atoms with Crippen molar-refractivity contribution in [3.05, 3.63) is 59.7 Å². The SMILES string of the molecule is Cc1cc(Nc2cc(C(=O)NC[C@@H](C)O)nc(N3CCC[C@H]3c3cc(-c4ccccn4)no3)n2)n[nH]1. The molecule has 0 bridgehead atoms. The monoisotopic (exact) mass is 489 g/mol. The van der Waals surface area contributed by atoms with Crippen LogP contribution in [-0.2, 0) is 0 Å². The number of pyridine rings is 1. The molecule has 36 heavy (non-hydrogen) atoms. The highest BCUT2D eigenvalue weighted by atomic mass is 16.5. The first-order valence-electron chi connectivity index (χ1n) is 11.8. The summed E-state index contributed by atoms with van der Waals surface area (Å²) in [6.07, 6.45) is 2.75. The van der Waals surface area contributed by atoms with Gasteiger partial charge in [0.15, 0.2) is 11.6 Å². The second-order valence-corrected chi connectivity index (χ2v) is 8.74. The predicted octanol–water partition coefficient (Wildman–Crippen LogP) is 2.75. The van der Waals surface area contributed by atoms with Crippen molar-refractivity contribution in [3.63, 3.8) is 0 Å². The number of hydrogen-bond acceptors (Lipinski definition) is 10. The molecule has 0 unspecified atom stereocenters. The zero-order valence-corrected chi connectivity index (χ0v) is 20.0. The molecule has 0 aromatic carbocycles. The first-order chi connectivity index (χ1) is 17.5. The second kappa shape index (κ2) is 10.1. The summed E-state index contributed by atoms with van der Waals surface area (Å²) < 4.78 is 5.70. The second-order valence-electron chi connectivity index (χ2n) is 8.74. The van der Waals surface area contributed by atoms with Crippen LogP contribution >= 0.6 is 0 Å². The molecule has 4 N–H and O–H groups in total. The van der Waals surface area contributed by atoms with Crippen LogP contribution in [-0.4, -0.2) is 60.5 Å². The Balaban J connectivity index is 1.46. The zero-order chi connectivity index (χ0) is 25.1. The molecular formula is C24H27N9O3. The van der Waals surface area contributed by atoms with Crippen LogP contribution in [0.25, 0.3) is 11.4 Å². The summed E-state index contributed by atoms with van der Waals surface area (Å²) in [5, 5.41) is 26.7. The third-order valence-corrected chi connectivity index (χ3v) is 5.76. The number of aliphatic hydroxyl groups is 1. The number of nitrogens with zero attached hydrogens (tertiary/aromatic N) is 6. The van der Waals surface area contributed by atoms with Gasteiger partial charge in [0.2, 0.25) is 5.95 Å². The number of anilines is 3. The first-order valence-corrected chi connectivity index (χ1v) is 11.8. The third-order valence-electron chi connectivity index (χ3n) is 5.76. The summed E-state index contributed by atoms with van der Waals surface area (Å²) in [6, 6.07) is 10.8. The number of H-pyrrole nitrogens is 1. The van der Waals surface area contributed by atoms with Crippen molar-refractivity contribution >= 4 is 23.5 Å². The van der Waals surface area contributed by atoms with Crippen molar-refractivity contribution in [3.8, 4) is 11.4 Å². The minimum atomic E-state index is -0.678. The minimum absolute atomic E-state index is 0.111. The Morgan fingerprint density at radius 1 is 1.25 bits per heavy atom. The highest BCUT2D eigenvalue weighted by molar-refractivity contribution is 5.93. The zero-order valence-electron chi connectivity index (χ0n) is 20.0. The molecule has 12 nitrogen and oxygen atoms in total. The number of aromatic nitrogens is 6. The van der Waals surface area contributed by atoms with Crippen LogP contribution in [0.3, 0.4) is 0 Å². The fraction of sp³-hybridized carbons (Fsp3) is 0.333. The summed E-state index contributed by atoms with van der Waals surface area (Å²) in [5.41, 5.74) is 2.44. The molecule has 1 saturated heterocycles. The topological polar surface area (TPSA) is 158 Å². The van der Waals surface area contributed by atoms with Gasteiger partial charge in [-0.25, -0.2) is 4.98 Å². The van der Waals surface area contributed by atoms with Crippen molar-refractivity contribution in [2.45, 2.75) is 38.8 Å².